The van der Waals surface area contributed by atoms with Gasteiger partial charge in [0.1, 0.15) is 17.2 Å². The van der Waals surface area contributed by atoms with Crippen LogP contribution in [0.5, 0.6) is 5.75 Å². The molecular formula is C50H34N3O2Pt-. The van der Waals surface area contributed by atoms with Crippen LogP contribution >= 0.6 is 0 Å². The topological polar surface area (TPSA) is 64.1 Å². The minimum Gasteiger partial charge on any atom is -0.507 e. The first kappa shape index (κ1) is 28.8. The van der Waals surface area contributed by atoms with E-state index < -0.39 is 13.7 Å². The summed E-state index contributed by atoms with van der Waals surface area (Å²) in [5, 5.41) is 13.1. The van der Waals surface area contributed by atoms with Crippen molar-refractivity contribution in [2.24, 2.45) is 0 Å². The Balaban J connectivity index is 0.00000490. The zero-order valence-corrected chi connectivity index (χ0v) is 31.9. The maximum absolute atomic E-state index is 11.4. The van der Waals surface area contributed by atoms with E-state index in [1.54, 1.807) is 54.7 Å². The van der Waals surface area contributed by atoms with Gasteiger partial charge in [-0.05, 0) is 83.6 Å². The molecule has 0 aliphatic rings. The van der Waals surface area contributed by atoms with Crippen LogP contribution in [-0.4, -0.2) is 19.6 Å². The fraction of sp³-hybridized carbons (Fsp3) is 0.0400. The molecule has 3 heterocycles. The molecule has 10 rings (SSSR count). The third-order valence-corrected chi connectivity index (χ3v) is 10.1. The van der Waals surface area contributed by atoms with Crippen molar-refractivity contribution in [2.75, 3.05) is 0 Å². The van der Waals surface area contributed by atoms with Gasteiger partial charge in [-0.25, -0.2) is 4.98 Å². The molecule has 10 aromatic rings. The normalized spacial score (nSPS) is 13.4. The molecule has 1 N–H and O–H groups in total. The molecule has 0 amide bonds. The van der Waals surface area contributed by atoms with Crippen LogP contribution in [0.25, 0.3) is 94.7 Å². The second-order valence-corrected chi connectivity index (χ2v) is 13.5. The number of para-hydroxylation sites is 3. The first-order valence-corrected chi connectivity index (χ1v) is 17.9. The average molecular weight is 910 g/mol. The number of nitrogens with zero attached hydrogens (tertiary/aromatic N) is 3. The van der Waals surface area contributed by atoms with Gasteiger partial charge in [-0.15, -0.1) is 11.6 Å². The van der Waals surface area contributed by atoms with Crippen molar-refractivity contribution in [3.05, 3.63) is 181 Å². The number of aromatic hydroxyl groups is 1. The molecule has 0 spiro atoms. The van der Waals surface area contributed by atoms with Crippen LogP contribution in [-0.2, 0) is 21.1 Å². The van der Waals surface area contributed by atoms with Crippen LogP contribution in [0.2, 0.25) is 0 Å². The number of aryl methyl sites for hydroxylation is 2. The van der Waals surface area contributed by atoms with Gasteiger partial charge in [0, 0.05) is 46.7 Å². The van der Waals surface area contributed by atoms with Gasteiger partial charge < -0.3 is 9.52 Å². The summed E-state index contributed by atoms with van der Waals surface area (Å²) >= 11 is 0. The summed E-state index contributed by atoms with van der Waals surface area (Å²) in [6.07, 6.45) is 1.72. The largest absolute Gasteiger partial charge is 0.507 e. The summed E-state index contributed by atoms with van der Waals surface area (Å²) in [5.74, 6) is 0.499. The molecule has 0 saturated heterocycles. The van der Waals surface area contributed by atoms with Crippen molar-refractivity contribution in [3.63, 3.8) is 0 Å². The van der Waals surface area contributed by atoms with Gasteiger partial charge in [0.2, 0.25) is 0 Å². The number of phenolic OH excluding ortho intramolecular Hbond substituents is 1. The van der Waals surface area contributed by atoms with E-state index in [1.807, 2.05) is 114 Å². The van der Waals surface area contributed by atoms with Crippen LogP contribution in [0.3, 0.4) is 0 Å². The van der Waals surface area contributed by atoms with Gasteiger partial charge in [-0.3, -0.25) is 9.55 Å². The van der Waals surface area contributed by atoms with E-state index >= 15 is 0 Å². The standard InChI is InChI=1S/C50H34N3O2.Pt/c1-31-19-22-33(23-20-31)35-25-26-51-42(29-35)36-28-41(48-39-14-7-9-18-46(39)55-47(48)30-36)37-15-10-16-44-49(37)52-50(38-13-6-8-17-45(38)54)53(44)43-24-21-32(2)27-40(43)34-11-4-3-5-12-34;/h3-27,29-30,54H,1-2H3;/q-1;/i1D3,2D3;. The second kappa shape index (κ2) is 14.3. The van der Waals surface area contributed by atoms with Crippen LogP contribution in [0.1, 0.15) is 19.4 Å². The van der Waals surface area contributed by atoms with Gasteiger partial charge in [-0.1, -0.05) is 138 Å². The molecular weight excluding hydrogens is 870 g/mol. The summed E-state index contributed by atoms with van der Waals surface area (Å²) < 4.78 is 56.7. The molecule has 6 heteroatoms. The molecule has 0 atom stereocenters. The van der Waals surface area contributed by atoms with Crippen molar-refractivity contribution in [3.8, 4) is 67.5 Å². The first-order valence-electron chi connectivity index (χ1n) is 20.9. The van der Waals surface area contributed by atoms with Crippen molar-refractivity contribution >= 4 is 33.0 Å². The number of furan rings is 1. The fourth-order valence-electron chi connectivity index (χ4n) is 7.52. The van der Waals surface area contributed by atoms with Crippen molar-refractivity contribution in [2.45, 2.75) is 13.7 Å². The Labute approximate surface area is 347 Å². The van der Waals surface area contributed by atoms with Gasteiger partial charge >= 0.3 is 0 Å². The van der Waals surface area contributed by atoms with Crippen molar-refractivity contribution in [1.82, 2.24) is 14.5 Å². The van der Waals surface area contributed by atoms with E-state index in [9.17, 15) is 5.11 Å². The third kappa shape index (κ3) is 6.02. The zero-order valence-electron chi connectivity index (χ0n) is 35.6. The molecule has 0 saturated carbocycles. The summed E-state index contributed by atoms with van der Waals surface area (Å²) in [5.41, 5.74) is 10.3. The van der Waals surface area contributed by atoms with Crippen molar-refractivity contribution < 1.29 is 38.8 Å². The number of aromatic nitrogens is 3. The molecule has 0 aliphatic carbocycles. The molecule has 0 bridgehead atoms. The minimum absolute atomic E-state index is 0. The smallest absolute Gasteiger partial charge is 0.148 e. The maximum atomic E-state index is 11.4. The molecule has 3 aromatic heterocycles. The number of benzene rings is 7. The van der Waals surface area contributed by atoms with E-state index in [0.717, 1.165) is 44.1 Å². The average Bonchev–Trinajstić information content (AvgIpc) is 3.85. The molecule has 0 fully saturated rings. The van der Waals surface area contributed by atoms with Crippen molar-refractivity contribution in [1.29, 1.82) is 0 Å². The number of pyridine rings is 1. The number of fused-ring (bicyclic) bond motifs is 4. The predicted octanol–water partition coefficient (Wildman–Crippen LogP) is 12.8. The monoisotopic (exact) mass is 909 g/mol. The second-order valence-electron chi connectivity index (χ2n) is 13.5. The molecule has 0 radical (unpaired) electrons. The SMILES string of the molecule is [2H]C([2H])([2H])c1ccc(-c2ccnc(-c3[c-]c(-c4cccc5c4nc(-c4ccccc4O)n5-c4ccc(C([2H])([2H])[2H])cc4-c4ccccc4)c4c(c3)oc3ccccc34)c2)cc1.[Pt]. The van der Waals surface area contributed by atoms with E-state index in [-0.39, 0.29) is 37.9 Å². The Morgan fingerprint density at radius 3 is 2.25 bits per heavy atom. The molecule has 0 unspecified atom stereocenters. The minimum atomic E-state index is -2.34. The van der Waals surface area contributed by atoms with Gasteiger partial charge in [0.05, 0.1) is 27.9 Å². The Morgan fingerprint density at radius 2 is 1.41 bits per heavy atom. The van der Waals surface area contributed by atoms with E-state index in [2.05, 4.69) is 6.07 Å². The Bertz CT molecular complexity index is 3300. The first-order chi connectivity index (χ1) is 29.4. The Hall–Kier alpha value is -6.55. The van der Waals surface area contributed by atoms with Crippen LogP contribution in [0, 0.1) is 19.8 Å². The fourth-order valence-corrected chi connectivity index (χ4v) is 7.52. The molecule has 56 heavy (non-hydrogen) atoms. The number of hydrogen-bond acceptors (Lipinski definition) is 4. The zero-order chi connectivity index (χ0) is 42.0. The number of rotatable bonds is 6. The molecule has 0 aliphatic heterocycles. The van der Waals surface area contributed by atoms with Crippen LogP contribution < -0.4 is 0 Å². The van der Waals surface area contributed by atoms with E-state index in [4.69, 9.17) is 22.6 Å². The summed E-state index contributed by atoms with van der Waals surface area (Å²) in [4.78, 5) is 10.1. The number of hydrogen-bond donors (Lipinski definition) is 1. The summed E-state index contributed by atoms with van der Waals surface area (Å²) in [6, 6.07) is 52.0. The molecule has 272 valence electrons. The summed E-state index contributed by atoms with van der Waals surface area (Å²) in [7, 11) is 0. The Morgan fingerprint density at radius 1 is 0.643 bits per heavy atom. The van der Waals surface area contributed by atoms with Gasteiger partial charge in [0.15, 0.2) is 0 Å². The molecule has 7 aromatic carbocycles. The van der Waals surface area contributed by atoms with Crippen LogP contribution in [0.4, 0.5) is 0 Å². The number of phenols is 1. The quantitative estimate of drug-likeness (QED) is 0.169. The van der Waals surface area contributed by atoms with E-state index in [1.165, 1.54) is 0 Å². The Kier molecular flexibility index (Phi) is 7.34. The summed E-state index contributed by atoms with van der Waals surface area (Å²) in [6.45, 7) is -4.55. The van der Waals surface area contributed by atoms with Gasteiger partial charge in [0.25, 0.3) is 0 Å². The van der Waals surface area contributed by atoms with Crippen LogP contribution in [0.15, 0.2) is 168 Å². The van der Waals surface area contributed by atoms with E-state index in [0.29, 0.717) is 50.6 Å². The third-order valence-electron chi connectivity index (χ3n) is 10.1. The van der Waals surface area contributed by atoms with Gasteiger partial charge in [-0.2, -0.15) is 0 Å². The number of imidazole rings is 1. The maximum Gasteiger partial charge on any atom is 0.148 e. The predicted molar refractivity (Wildman–Crippen MR) is 223 cm³/mol. The molecule has 5 nitrogen and oxygen atoms in total.